The quantitative estimate of drug-likeness (QED) is 0.777. The van der Waals surface area contributed by atoms with E-state index >= 15 is 0 Å². The normalized spacial score (nSPS) is 10.4. The van der Waals surface area contributed by atoms with E-state index in [0.717, 1.165) is 0 Å². The van der Waals surface area contributed by atoms with Crippen molar-refractivity contribution in [1.29, 1.82) is 0 Å². The molecule has 0 saturated heterocycles. The lowest BCUT2D eigenvalue weighted by Gasteiger charge is -1.99. The third-order valence-electron chi connectivity index (χ3n) is 1.74. The van der Waals surface area contributed by atoms with Crippen LogP contribution < -0.4 is 5.63 Å². The van der Waals surface area contributed by atoms with Crippen LogP contribution in [0, 0.1) is 6.92 Å². The summed E-state index contributed by atoms with van der Waals surface area (Å²) in [6.07, 6.45) is 0. The van der Waals surface area contributed by atoms with Crippen molar-refractivity contribution in [2.75, 3.05) is 0 Å². The number of aromatic hydroxyl groups is 1. The van der Waals surface area contributed by atoms with Gasteiger partial charge in [-0.25, -0.2) is 9.78 Å². The summed E-state index contributed by atoms with van der Waals surface area (Å²) in [5.41, 5.74) is 1.60. The van der Waals surface area contributed by atoms with Gasteiger partial charge in [-0.05, 0) is 6.92 Å². The SMILES string of the molecule is Cc1cc(O)c(-c2cscn2)c(=O)o1. The number of hydrogen-bond acceptors (Lipinski definition) is 5. The van der Waals surface area contributed by atoms with Gasteiger partial charge in [0.05, 0.1) is 11.2 Å². The van der Waals surface area contributed by atoms with Crippen molar-refractivity contribution in [3.63, 3.8) is 0 Å². The second kappa shape index (κ2) is 3.26. The molecule has 0 aromatic carbocycles. The summed E-state index contributed by atoms with van der Waals surface area (Å²) in [6.45, 7) is 1.60. The van der Waals surface area contributed by atoms with E-state index in [1.54, 1.807) is 17.8 Å². The fourth-order valence-corrected chi connectivity index (χ4v) is 1.71. The van der Waals surface area contributed by atoms with Crippen LogP contribution in [0.15, 0.2) is 26.2 Å². The maximum absolute atomic E-state index is 11.4. The van der Waals surface area contributed by atoms with Gasteiger partial charge in [-0.1, -0.05) is 0 Å². The summed E-state index contributed by atoms with van der Waals surface area (Å²) in [5.74, 6) is 0.288. The van der Waals surface area contributed by atoms with Crippen LogP contribution in [0.2, 0.25) is 0 Å². The summed E-state index contributed by atoms with van der Waals surface area (Å²) >= 11 is 1.35. The van der Waals surface area contributed by atoms with Gasteiger partial charge < -0.3 is 9.52 Å². The summed E-state index contributed by atoms with van der Waals surface area (Å²) in [7, 11) is 0. The molecule has 4 nitrogen and oxygen atoms in total. The number of thiazole rings is 1. The maximum Gasteiger partial charge on any atom is 0.349 e. The van der Waals surface area contributed by atoms with Crippen molar-refractivity contribution in [3.05, 3.63) is 33.1 Å². The summed E-state index contributed by atoms with van der Waals surface area (Å²) in [5, 5.41) is 11.2. The molecule has 0 unspecified atom stereocenters. The van der Waals surface area contributed by atoms with Crippen molar-refractivity contribution in [1.82, 2.24) is 4.98 Å². The first kappa shape index (κ1) is 8.96. The number of aromatic nitrogens is 1. The highest BCUT2D eigenvalue weighted by atomic mass is 32.1. The Morgan fingerprint density at radius 2 is 2.36 bits per heavy atom. The molecule has 0 aliphatic rings. The van der Waals surface area contributed by atoms with Crippen LogP contribution >= 0.6 is 11.3 Å². The fraction of sp³-hybridized carbons (Fsp3) is 0.111. The fourth-order valence-electron chi connectivity index (χ4n) is 1.17. The molecule has 2 rings (SSSR count). The number of rotatable bonds is 1. The molecule has 0 bridgehead atoms. The van der Waals surface area contributed by atoms with Gasteiger partial charge in [-0.2, -0.15) is 0 Å². The van der Waals surface area contributed by atoms with Gasteiger partial charge in [0.25, 0.3) is 0 Å². The predicted octanol–water partition coefficient (Wildman–Crippen LogP) is 1.78. The van der Waals surface area contributed by atoms with Crippen LogP contribution in [0.4, 0.5) is 0 Å². The van der Waals surface area contributed by atoms with Crippen LogP contribution in [-0.4, -0.2) is 10.1 Å². The van der Waals surface area contributed by atoms with E-state index in [-0.39, 0.29) is 11.3 Å². The maximum atomic E-state index is 11.4. The molecule has 0 aliphatic heterocycles. The number of hydrogen-bond donors (Lipinski definition) is 1. The summed E-state index contributed by atoms with van der Waals surface area (Å²) < 4.78 is 4.86. The lowest BCUT2D eigenvalue weighted by Crippen LogP contribution is -2.03. The van der Waals surface area contributed by atoms with Crippen molar-refractivity contribution < 1.29 is 9.52 Å². The standard InChI is InChI=1S/C9H7NO3S/c1-5-2-7(11)8(9(12)13-5)6-3-14-4-10-6/h2-4,11H,1H3. The largest absolute Gasteiger partial charge is 0.507 e. The van der Waals surface area contributed by atoms with Crippen LogP contribution in [0.1, 0.15) is 5.76 Å². The van der Waals surface area contributed by atoms with E-state index in [0.29, 0.717) is 11.5 Å². The molecule has 0 fully saturated rings. The average Bonchev–Trinajstić information content (AvgIpc) is 2.54. The van der Waals surface area contributed by atoms with Gasteiger partial charge in [-0.15, -0.1) is 11.3 Å². The Kier molecular flexibility index (Phi) is 2.09. The highest BCUT2D eigenvalue weighted by Gasteiger charge is 2.13. The zero-order valence-corrected chi connectivity index (χ0v) is 8.17. The second-order valence-electron chi connectivity index (χ2n) is 2.78. The van der Waals surface area contributed by atoms with E-state index in [4.69, 9.17) is 4.42 Å². The summed E-state index contributed by atoms with van der Waals surface area (Å²) in [4.78, 5) is 15.3. The minimum atomic E-state index is -0.562. The zero-order valence-electron chi connectivity index (χ0n) is 7.35. The molecule has 0 radical (unpaired) electrons. The van der Waals surface area contributed by atoms with E-state index < -0.39 is 5.63 Å². The third-order valence-corrected chi connectivity index (χ3v) is 2.33. The molecule has 0 aliphatic carbocycles. The lowest BCUT2D eigenvalue weighted by atomic mass is 10.2. The molecule has 0 atom stereocenters. The number of nitrogens with zero attached hydrogens (tertiary/aromatic N) is 1. The van der Waals surface area contributed by atoms with E-state index in [2.05, 4.69) is 4.98 Å². The van der Waals surface area contributed by atoms with E-state index in [1.807, 2.05) is 0 Å². The van der Waals surface area contributed by atoms with Crippen LogP contribution in [0.3, 0.4) is 0 Å². The van der Waals surface area contributed by atoms with E-state index in [9.17, 15) is 9.90 Å². The Balaban J connectivity index is 2.71. The Morgan fingerprint density at radius 1 is 1.57 bits per heavy atom. The van der Waals surface area contributed by atoms with Gasteiger partial charge in [0.2, 0.25) is 0 Å². The van der Waals surface area contributed by atoms with Gasteiger partial charge in [0.15, 0.2) is 0 Å². The van der Waals surface area contributed by atoms with Crippen molar-refractivity contribution in [2.45, 2.75) is 6.92 Å². The highest BCUT2D eigenvalue weighted by Crippen LogP contribution is 2.25. The molecule has 2 heterocycles. The predicted molar refractivity (Wildman–Crippen MR) is 52.5 cm³/mol. The Hall–Kier alpha value is -1.62. The van der Waals surface area contributed by atoms with Crippen molar-refractivity contribution >= 4 is 11.3 Å². The third kappa shape index (κ3) is 1.42. The Labute approximate surface area is 83.5 Å². The molecule has 0 spiro atoms. The van der Waals surface area contributed by atoms with Gasteiger partial charge in [0.1, 0.15) is 17.1 Å². The molecule has 2 aromatic heterocycles. The molecule has 14 heavy (non-hydrogen) atoms. The van der Waals surface area contributed by atoms with Gasteiger partial charge in [0, 0.05) is 11.4 Å². The van der Waals surface area contributed by atoms with Gasteiger partial charge in [-0.3, -0.25) is 0 Å². The molecule has 0 saturated carbocycles. The van der Waals surface area contributed by atoms with Crippen molar-refractivity contribution in [2.24, 2.45) is 0 Å². The minimum absolute atomic E-state index is 0.0929. The first-order chi connectivity index (χ1) is 6.68. The van der Waals surface area contributed by atoms with Crippen LogP contribution in [0.25, 0.3) is 11.3 Å². The van der Waals surface area contributed by atoms with Crippen LogP contribution in [-0.2, 0) is 0 Å². The topological polar surface area (TPSA) is 63.3 Å². The average molecular weight is 209 g/mol. The highest BCUT2D eigenvalue weighted by molar-refractivity contribution is 7.07. The Morgan fingerprint density at radius 3 is 2.93 bits per heavy atom. The van der Waals surface area contributed by atoms with Crippen molar-refractivity contribution in [3.8, 4) is 17.0 Å². The first-order valence-corrected chi connectivity index (χ1v) is 4.85. The van der Waals surface area contributed by atoms with E-state index in [1.165, 1.54) is 17.4 Å². The summed E-state index contributed by atoms with van der Waals surface area (Å²) in [6, 6.07) is 1.40. The Bertz CT molecular complexity index is 501. The number of aryl methyl sites for hydroxylation is 1. The lowest BCUT2D eigenvalue weighted by molar-refractivity contribution is 0.438. The first-order valence-electron chi connectivity index (χ1n) is 3.91. The molecule has 0 amide bonds. The van der Waals surface area contributed by atoms with Gasteiger partial charge >= 0.3 is 5.63 Å². The smallest absolute Gasteiger partial charge is 0.349 e. The monoisotopic (exact) mass is 209 g/mol. The molecule has 72 valence electrons. The molecule has 2 aromatic rings. The molecular weight excluding hydrogens is 202 g/mol. The molecular formula is C9H7NO3S. The second-order valence-corrected chi connectivity index (χ2v) is 3.50. The zero-order chi connectivity index (χ0) is 10.1. The molecule has 5 heteroatoms. The molecule has 1 N–H and O–H groups in total. The minimum Gasteiger partial charge on any atom is -0.507 e. The van der Waals surface area contributed by atoms with Crippen LogP contribution in [0.5, 0.6) is 5.75 Å².